The quantitative estimate of drug-likeness (QED) is 0.353. The van der Waals surface area contributed by atoms with Crippen molar-refractivity contribution in [3.8, 4) is 5.75 Å². The summed E-state index contributed by atoms with van der Waals surface area (Å²) in [7, 11) is 0. The minimum atomic E-state index is -0.0977. The molecule has 0 unspecified atom stereocenters. The van der Waals surface area contributed by atoms with Crippen LogP contribution in [0.3, 0.4) is 0 Å². The van der Waals surface area contributed by atoms with Crippen LogP contribution in [-0.2, 0) is 17.9 Å². The lowest BCUT2D eigenvalue weighted by molar-refractivity contribution is -0.117. The van der Waals surface area contributed by atoms with Crippen LogP contribution in [0.4, 0.5) is 5.69 Å². The molecule has 0 N–H and O–H groups in total. The summed E-state index contributed by atoms with van der Waals surface area (Å²) in [5, 5.41) is 0. The Balaban J connectivity index is 1.34. The number of allylic oxidation sites excluding steroid dienone is 2. The third-order valence-corrected chi connectivity index (χ3v) is 6.98. The van der Waals surface area contributed by atoms with Crippen LogP contribution in [-0.4, -0.2) is 34.8 Å². The Bertz CT molecular complexity index is 1260. The first-order valence-electron chi connectivity index (χ1n) is 13.1. The third kappa shape index (κ3) is 6.45. The van der Waals surface area contributed by atoms with E-state index in [9.17, 15) is 9.59 Å². The largest absolute Gasteiger partial charge is 0.493 e. The molecule has 3 aromatic rings. The predicted octanol–water partition coefficient (Wildman–Crippen LogP) is 5.79. The third-order valence-electron chi connectivity index (χ3n) is 6.98. The first-order valence-corrected chi connectivity index (χ1v) is 13.1. The van der Waals surface area contributed by atoms with Crippen molar-refractivity contribution in [1.82, 2.24) is 9.88 Å². The van der Waals surface area contributed by atoms with Gasteiger partial charge in [-0.15, -0.1) is 0 Å². The number of amides is 2. The molecule has 1 aromatic heterocycles. The Morgan fingerprint density at radius 3 is 2.73 bits per heavy atom. The second-order valence-electron chi connectivity index (χ2n) is 9.79. The average molecular weight is 496 g/mol. The fraction of sp³-hybridized carbons (Fsp3) is 0.323. The van der Waals surface area contributed by atoms with Gasteiger partial charge in [-0.25, -0.2) is 0 Å². The fourth-order valence-corrected chi connectivity index (χ4v) is 4.97. The van der Waals surface area contributed by atoms with Crippen molar-refractivity contribution in [3.63, 3.8) is 0 Å². The lowest BCUT2D eigenvalue weighted by Crippen LogP contribution is -2.31. The first kappa shape index (κ1) is 24.8. The van der Waals surface area contributed by atoms with Gasteiger partial charge < -0.3 is 14.5 Å². The number of carbonyl (C=O) groups is 2. The summed E-state index contributed by atoms with van der Waals surface area (Å²) < 4.78 is 6.13. The van der Waals surface area contributed by atoms with Crippen molar-refractivity contribution >= 4 is 17.5 Å². The Morgan fingerprint density at radius 1 is 1.03 bits per heavy atom. The van der Waals surface area contributed by atoms with Crippen molar-refractivity contribution in [2.24, 2.45) is 5.92 Å². The molecular formula is C31H33N3O3. The standard InChI is InChI=1S/C31H33N3O3/c35-30-16-8-18-34(30)28-14-7-12-26(20-28)31(36)33(22-27-13-4-5-17-32-27)21-25-11-6-15-29(19-25)37-23-24-9-2-1-3-10-24/h1-2,4-7,11-15,17,19-20,24H,3,8-10,16,18,21-23H2/t24-/m0/s1. The van der Waals surface area contributed by atoms with E-state index in [1.54, 1.807) is 16.0 Å². The molecule has 0 saturated carbocycles. The molecule has 0 bridgehead atoms. The molecule has 37 heavy (non-hydrogen) atoms. The van der Waals surface area contributed by atoms with Gasteiger partial charge in [-0.05, 0) is 79.6 Å². The molecule has 6 heteroatoms. The van der Waals surface area contributed by atoms with Gasteiger partial charge in [-0.3, -0.25) is 14.6 Å². The number of hydrogen-bond acceptors (Lipinski definition) is 4. The van der Waals surface area contributed by atoms with Crippen LogP contribution in [0.5, 0.6) is 5.75 Å². The maximum atomic E-state index is 13.8. The summed E-state index contributed by atoms with van der Waals surface area (Å²) in [6, 6.07) is 21.1. The molecule has 1 atom stereocenters. The average Bonchev–Trinajstić information content (AvgIpc) is 3.38. The molecule has 1 saturated heterocycles. The summed E-state index contributed by atoms with van der Waals surface area (Å²) in [6.45, 7) is 2.20. The zero-order valence-electron chi connectivity index (χ0n) is 21.1. The van der Waals surface area contributed by atoms with E-state index in [1.165, 1.54) is 0 Å². The lowest BCUT2D eigenvalue weighted by atomic mass is 9.95. The molecule has 6 nitrogen and oxygen atoms in total. The zero-order valence-corrected chi connectivity index (χ0v) is 21.1. The van der Waals surface area contributed by atoms with Gasteiger partial charge in [0.05, 0.1) is 18.8 Å². The molecule has 1 fully saturated rings. The number of anilines is 1. The Labute approximate surface area is 218 Å². The number of carbonyl (C=O) groups excluding carboxylic acids is 2. The highest BCUT2D eigenvalue weighted by molar-refractivity contribution is 5.99. The SMILES string of the molecule is O=C(c1cccc(N2CCCC2=O)c1)N(Cc1cccc(OC[C@H]2CC=CCC2)c1)Cc1ccccn1. The van der Waals surface area contributed by atoms with Crippen molar-refractivity contribution in [3.05, 3.63) is 102 Å². The van der Waals surface area contributed by atoms with Gasteiger partial charge in [0.1, 0.15) is 5.75 Å². The molecule has 2 heterocycles. The minimum absolute atomic E-state index is 0.0977. The van der Waals surface area contributed by atoms with E-state index in [0.717, 1.165) is 48.4 Å². The van der Waals surface area contributed by atoms with E-state index in [-0.39, 0.29) is 11.8 Å². The number of hydrogen-bond donors (Lipinski definition) is 0. The molecule has 2 aromatic carbocycles. The molecule has 0 spiro atoms. The minimum Gasteiger partial charge on any atom is -0.493 e. The maximum Gasteiger partial charge on any atom is 0.254 e. The van der Waals surface area contributed by atoms with Gasteiger partial charge in [0.15, 0.2) is 0 Å². The number of aromatic nitrogens is 1. The maximum absolute atomic E-state index is 13.8. The van der Waals surface area contributed by atoms with Gasteiger partial charge in [-0.1, -0.05) is 36.4 Å². The van der Waals surface area contributed by atoms with Crippen LogP contribution in [0.1, 0.15) is 53.7 Å². The molecule has 5 rings (SSSR count). The van der Waals surface area contributed by atoms with Crippen molar-refractivity contribution in [2.75, 3.05) is 18.1 Å². The fourth-order valence-electron chi connectivity index (χ4n) is 4.97. The van der Waals surface area contributed by atoms with Gasteiger partial charge in [0.2, 0.25) is 5.91 Å². The number of pyridine rings is 1. The number of ether oxygens (including phenoxy) is 1. The summed E-state index contributed by atoms with van der Waals surface area (Å²) >= 11 is 0. The highest BCUT2D eigenvalue weighted by Crippen LogP contribution is 2.25. The molecular weight excluding hydrogens is 462 g/mol. The summed E-state index contributed by atoms with van der Waals surface area (Å²) in [4.78, 5) is 34.1. The molecule has 0 radical (unpaired) electrons. The van der Waals surface area contributed by atoms with Crippen molar-refractivity contribution in [2.45, 2.75) is 45.2 Å². The van der Waals surface area contributed by atoms with E-state index in [4.69, 9.17) is 4.74 Å². The molecule has 2 aliphatic rings. The smallest absolute Gasteiger partial charge is 0.254 e. The van der Waals surface area contributed by atoms with Crippen LogP contribution >= 0.6 is 0 Å². The summed E-state index contributed by atoms with van der Waals surface area (Å²) in [5.41, 5.74) is 3.15. The second-order valence-corrected chi connectivity index (χ2v) is 9.79. The Kier molecular flexibility index (Phi) is 7.94. The van der Waals surface area contributed by atoms with Crippen LogP contribution < -0.4 is 9.64 Å². The van der Waals surface area contributed by atoms with Crippen LogP contribution in [0.15, 0.2) is 85.1 Å². The monoisotopic (exact) mass is 495 g/mol. The lowest BCUT2D eigenvalue weighted by Gasteiger charge is -2.24. The Morgan fingerprint density at radius 2 is 1.95 bits per heavy atom. The van der Waals surface area contributed by atoms with Crippen molar-refractivity contribution in [1.29, 1.82) is 0 Å². The number of rotatable bonds is 9. The highest BCUT2D eigenvalue weighted by atomic mass is 16.5. The topological polar surface area (TPSA) is 62.7 Å². The predicted molar refractivity (Wildman–Crippen MR) is 144 cm³/mol. The van der Waals surface area contributed by atoms with E-state index < -0.39 is 0 Å². The molecule has 1 aliphatic heterocycles. The normalized spacial score (nSPS) is 17.1. The number of nitrogens with zero attached hydrogens (tertiary/aromatic N) is 3. The number of benzene rings is 2. The van der Waals surface area contributed by atoms with Crippen LogP contribution in [0, 0.1) is 5.92 Å². The second kappa shape index (κ2) is 11.9. The molecule has 2 amide bonds. The summed E-state index contributed by atoms with van der Waals surface area (Å²) in [6.07, 6.45) is 11.0. The molecule has 190 valence electrons. The zero-order chi connectivity index (χ0) is 25.5. The summed E-state index contributed by atoms with van der Waals surface area (Å²) in [5.74, 6) is 1.38. The highest BCUT2D eigenvalue weighted by Gasteiger charge is 2.24. The van der Waals surface area contributed by atoms with E-state index in [0.29, 0.717) is 44.1 Å². The van der Waals surface area contributed by atoms with Gasteiger partial charge in [0, 0.05) is 37.0 Å². The Hall–Kier alpha value is -3.93. The van der Waals surface area contributed by atoms with Gasteiger partial charge >= 0.3 is 0 Å². The first-order chi connectivity index (χ1) is 18.2. The van der Waals surface area contributed by atoms with Gasteiger partial charge in [0.25, 0.3) is 5.91 Å². The van der Waals surface area contributed by atoms with E-state index in [1.807, 2.05) is 66.7 Å². The van der Waals surface area contributed by atoms with E-state index in [2.05, 4.69) is 17.1 Å². The van der Waals surface area contributed by atoms with Crippen LogP contribution in [0.25, 0.3) is 0 Å². The van der Waals surface area contributed by atoms with E-state index >= 15 is 0 Å². The molecule has 1 aliphatic carbocycles. The van der Waals surface area contributed by atoms with Crippen molar-refractivity contribution < 1.29 is 14.3 Å². The van der Waals surface area contributed by atoms with Crippen LogP contribution in [0.2, 0.25) is 0 Å². The van der Waals surface area contributed by atoms with Gasteiger partial charge in [-0.2, -0.15) is 0 Å².